The van der Waals surface area contributed by atoms with Crippen molar-refractivity contribution in [1.29, 1.82) is 0 Å². The predicted molar refractivity (Wildman–Crippen MR) is 52.3 cm³/mol. The van der Waals surface area contributed by atoms with Gasteiger partial charge in [-0.15, -0.1) is 0 Å². The molecule has 1 heterocycles. The number of rotatable bonds is 4. The van der Waals surface area contributed by atoms with E-state index in [0.717, 1.165) is 0 Å². The van der Waals surface area contributed by atoms with Crippen LogP contribution in [0, 0.1) is 0 Å². The number of nitrogens with zero attached hydrogens (tertiary/aromatic N) is 1. The van der Waals surface area contributed by atoms with Gasteiger partial charge in [-0.1, -0.05) is 0 Å². The van der Waals surface area contributed by atoms with E-state index in [1.54, 1.807) is 6.92 Å². The highest BCUT2D eigenvalue weighted by atomic mass is 16.4. The zero-order valence-corrected chi connectivity index (χ0v) is 8.64. The number of aliphatic carboxylic acids is 1. The smallest absolute Gasteiger partial charge is 0.321 e. The molecule has 2 atom stereocenters. The van der Waals surface area contributed by atoms with Crippen molar-refractivity contribution in [1.82, 2.24) is 10.2 Å². The summed E-state index contributed by atoms with van der Waals surface area (Å²) in [5, 5.41) is 20.8. The highest BCUT2D eigenvalue weighted by Gasteiger charge is 2.36. The number of likely N-dealkylation sites (tertiary alicyclic amines) is 1. The first-order valence-electron chi connectivity index (χ1n) is 4.96. The third-order valence-corrected chi connectivity index (χ3v) is 2.39. The summed E-state index contributed by atoms with van der Waals surface area (Å²) in [6, 6.07) is -0.748. The minimum atomic E-state index is -0.990. The number of β-amino-alcohol motifs (C(OH)–C–C–N with tert-alkyl or cyclic N) is 1. The Morgan fingerprint density at radius 2 is 2.20 bits per heavy atom. The summed E-state index contributed by atoms with van der Waals surface area (Å²) in [4.78, 5) is 23.5. The SMILES string of the molecule is CCNC(=O)CN1CC(O)CC1C(=O)O. The molecule has 3 N–H and O–H groups in total. The highest BCUT2D eigenvalue weighted by Crippen LogP contribution is 2.17. The van der Waals surface area contributed by atoms with Gasteiger partial charge in [0, 0.05) is 19.5 Å². The Labute approximate surface area is 87.9 Å². The lowest BCUT2D eigenvalue weighted by atomic mass is 10.2. The van der Waals surface area contributed by atoms with E-state index >= 15 is 0 Å². The molecule has 0 bridgehead atoms. The number of carboxylic acid groups (broad SMARTS) is 1. The van der Waals surface area contributed by atoms with Crippen molar-refractivity contribution in [2.75, 3.05) is 19.6 Å². The maximum atomic E-state index is 11.2. The first kappa shape index (κ1) is 11.9. The van der Waals surface area contributed by atoms with Crippen LogP contribution >= 0.6 is 0 Å². The van der Waals surface area contributed by atoms with Gasteiger partial charge in [0.25, 0.3) is 0 Å². The van der Waals surface area contributed by atoms with Gasteiger partial charge in [-0.25, -0.2) is 0 Å². The van der Waals surface area contributed by atoms with Crippen LogP contribution in [0.4, 0.5) is 0 Å². The molecular weight excluding hydrogens is 200 g/mol. The lowest BCUT2D eigenvalue weighted by Gasteiger charge is -2.19. The fourth-order valence-corrected chi connectivity index (χ4v) is 1.75. The van der Waals surface area contributed by atoms with Crippen molar-refractivity contribution in [3.05, 3.63) is 0 Å². The van der Waals surface area contributed by atoms with E-state index in [-0.39, 0.29) is 25.4 Å². The number of aliphatic hydroxyl groups excluding tert-OH is 1. The standard InChI is InChI=1S/C9H16N2O4/c1-2-10-8(13)5-11-4-6(12)3-7(11)9(14)15/h6-7,12H,2-5H2,1H3,(H,10,13)(H,14,15). The van der Waals surface area contributed by atoms with E-state index in [4.69, 9.17) is 5.11 Å². The van der Waals surface area contributed by atoms with E-state index < -0.39 is 18.1 Å². The molecule has 15 heavy (non-hydrogen) atoms. The molecule has 2 unspecified atom stereocenters. The maximum Gasteiger partial charge on any atom is 0.321 e. The summed E-state index contributed by atoms with van der Waals surface area (Å²) >= 11 is 0. The number of likely N-dealkylation sites (N-methyl/N-ethyl adjacent to an activating group) is 1. The molecule has 6 heteroatoms. The number of hydrogen-bond acceptors (Lipinski definition) is 4. The Balaban J connectivity index is 2.52. The van der Waals surface area contributed by atoms with Gasteiger partial charge in [-0.2, -0.15) is 0 Å². The molecule has 0 saturated carbocycles. The number of hydrogen-bond donors (Lipinski definition) is 3. The van der Waals surface area contributed by atoms with Crippen LogP contribution in [0.1, 0.15) is 13.3 Å². The Hall–Kier alpha value is -1.14. The molecule has 1 fully saturated rings. The molecule has 0 aromatic carbocycles. The van der Waals surface area contributed by atoms with Crippen molar-refractivity contribution in [2.45, 2.75) is 25.5 Å². The monoisotopic (exact) mass is 216 g/mol. The zero-order valence-electron chi connectivity index (χ0n) is 8.64. The first-order valence-corrected chi connectivity index (χ1v) is 4.96. The average molecular weight is 216 g/mol. The number of aliphatic hydroxyl groups is 1. The van der Waals surface area contributed by atoms with Gasteiger partial charge >= 0.3 is 5.97 Å². The van der Waals surface area contributed by atoms with Gasteiger partial charge in [0.1, 0.15) is 6.04 Å². The second kappa shape index (κ2) is 5.09. The Morgan fingerprint density at radius 1 is 1.53 bits per heavy atom. The summed E-state index contributed by atoms with van der Waals surface area (Å²) in [6.45, 7) is 2.59. The quantitative estimate of drug-likeness (QED) is 0.540. The van der Waals surface area contributed by atoms with Crippen LogP contribution in [-0.2, 0) is 9.59 Å². The molecule has 1 aliphatic heterocycles. The van der Waals surface area contributed by atoms with Crippen LogP contribution in [0.3, 0.4) is 0 Å². The number of nitrogens with one attached hydrogen (secondary N) is 1. The number of carboxylic acids is 1. The van der Waals surface area contributed by atoms with Gasteiger partial charge in [0.2, 0.25) is 5.91 Å². The van der Waals surface area contributed by atoms with Crippen molar-refractivity contribution in [3.63, 3.8) is 0 Å². The van der Waals surface area contributed by atoms with E-state index in [1.807, 2.05) is 0 Å². The zero-order chi connectivity index (χ0) is 11.4. The van der Waals surface area contributed by atoms with E-state index in [9.17, 15) is 14.7 Å². The van der Waals surface area contributed by atoms with Crippen LogP contribution in [0.15, 0.2) is 0 Å². The van der Waals surface area contributed by atoms with E-state index in [2.05, 4.69) is 5.32 Å². The van der Waals surface area contributed by atoms with Crippen LogP contribution in [0.2, 0.25) is 0 Å². The van der Waals surface area contributed by atoms with Crippen LogP contribution < -0.4 is 5.32 Å². The average Bonchev–Trinajstić information content (AvgIpc) is 2.47. The summed E-state index contributed by atoms with van der Waals surface area (Å²) in [7, 11) is 0. The van der Waals surface area contributed by atoms with Gasteiger partial charge in [-0.05, 0) is 6.92 Å². The summed E-state index contributed by atoms with van der Waals surface area (Å²) in [5.74, 6) is -1.20. The first-order chi connectivity index (χ1) is 7.04. The Morgan fingerprint density at radius 3 is 2.73 bits per heavy atom. The molecule has 1 rings (SSSR count). The minimum absolute atomic E-state index is 0.0296. The molecule has 1 saturated heterocycles. The van der Waals surface area contributed by atoms with Crippen LogP contribution in [-0.4, -0.2) is 58.8 Å². The third kappa shape index (κ3) is 3.17. The lowest BCUT2D eigenvalue weighted by molar-refractivity contribution is -0.142. The molecule has 0 aromatic rings. The molecule has 0 spiro atoms. The van der Waals surface area contributed by atoms with Crippen LogP contribution in [0.25, 0.3) is 0 Å². The topological polar surface area (TPSA) is 89.9 Å². The largest absolute Gasteiger partial charge is 0.480 e. The highest BCUT2D eigenvalue weighted by molar-refractivity contribution is 5.80. The maximum absolute atomic E-state index is 11.2. The summed E-state index contributed by atoms with van der Waals surface area (Å²) < 4.78 is 0. The van der Waals surface area contributed by atoms with Crippen molar-refractivity contribution >= 4 is 11.9 Å². The minimum Gasteiger partial charge on any atom is -0.480 e. The van der Waals surface area contributed by atoms with Crippen molar-refractivity contribution in [3.8, 4) is 0 Å². The normalized spacial score (nSPS) is 26.5. The summed E-state index contributed by atoms with van der Waals surface area (Å²) in [5.41, 5.74) is 0. The van der Waals surface area contributed by atoms with E-state index in [1.165, 1.54) is 4.90 Å². The van der Waals surface area contributed by atoms with Gasteiger partial charge in [0.15, 0.2) is 0 Å². The molecule has 0 radical (unpaired) electrons. The lowest BCUT2D eigenvalue weighted by Crippen LogP contribution is -2.43. The Kier molecular flexibility index (Phi) is 4.05. The third-order valence-electron chi connectivity index (χ3n) is 2.39. The second-order valence-corrected chi connectivity index (χ2v) is 3.63. The molecule has 86 valence electrons. The molecule has 0 aromatic heterocycles. The fraction of sp³-hybridized carbons (Fsp3) is 0.778. The molecular formula is C9H16N2O4. The molecule has 6 nitrogen and oxygen atoms in total. The molecule has 1 aliphatic rings. The van der Waals surface area contributed by atoms with Gasteiger partial charge in [0.05, 0.1) is 12.6 Å². The van der Waals surface area contributed by atoms with Gasteiger partial charge < -0.3 is 15.5 Å². The van der Waals surface area contributed by atoms with Gasteiger partial charge in [-0.3, -0.25) is 14.5 Å². The molecule has 0 aliphatic carbocycles. The fourth-order valence-electron chi connectivity index (χ4n) is 1.75. The van der Waals surface area contributed by atoms with Crippen molar-refractivity contribution < 1.29 is 19.8 Å². The van der Waals surface area contributed by atoms with Crippen LogP contribution in [0.5, 0.6) is 0 Å². The number of carbonyl (C=O) groups is 2. The number of carbonyl (C=O) groups excluding carboxylic acids is 1. The number of amides is 1. The second-order valence-electron chi connectivity index (χ2n) is 3.63. The predicted octanol–water partition coefficient (Wildman–Crippen LogP) is -1.36. The van der Waals surface area contributed by atoms with E-state index in [0.29, 0.717) is 6.54 Å². The van der Waals surface area contributed by atoms with Crippen molar-refractivity contribution in [2.24, 2.45) is 0 Å². The Bertz CT molecular complexity index is 256. The molecule has 1 amide bonds. The summed E-state index contributed by atoms with van der Waals surface area (Å²) in [6.07, 6.45) is -0.463.